The molecule has 1 aliphatic carbocycles. The molecule has 0 bridgehead atoms. The number of imidazole rings is 1. The third-order valence-corrected chi connectivity index (χ3v) is 3.55. The fraction of sp³-hybridized carbons (Fsp3) is 0.750. The molecule has 0 saturated heterocycles. The van der Waals surface area contributed by atoms with Crippen LogP contribution in [0.25, 0.3) is 0 Å². The molecule has 2 unspecified atom stereocenters. The van der Waals surface area contributed by atoms with Crippen LogP contribution in [0.4, 0.5) is 0 Å². The van der Waals surface area contributed by atoms with Crippen LogP contribution in [-0.2, 0) is 6.42 Å². The summed E-state index contributed by atoms with van der Waals surface area (Å²) in [4.78, 5) is 8.13. The third kappa shape index (κ3) is 1.93. The Balaban J connectivity index is 2.29. The lowest BCUT2D eigenvalue weighted by Gasteiger charge is -2.15. The number of H-pyrrole nitrogens is 1. The number of nitrogens with zero attached hydrogens (tertiary/aromatic N) is 1. The summed E-state index contributed by atoms with van der Waals surface area (Å²) in [5.41, 5.74) is 8.44. The van der Waals surface area contributed by atoms with Crippen LogP contribution in [0.2, 0.25) is 0 Å². The second-order valence-electron chi connectivity index (χ2n) is 5.02. The number of nitrogens with one attached hydrogen (secondary N) is 1. The summed E-state index contributed by atoms with van der Waals surface area (Å²) in [6, 6.07) is 0.151. The minimum atomic E-state index is 0.151. The summed E-state index contributed by atoms with van der Waals surface area (Å²) in [5.74, 6) is 2.23. The van der Waals surface area contributed by atoms with E-state index in [4.69, 9.17) is 5.73 Å². The van der Waals surface area contributed by atoms with Crippen LogP contribution in [-0.4, -0.2) is 9.97 Å². The van der Waals surface area contributed by atoms with Crippen molar-refractivity contribution in [2.75, 3.05) is 0 Å². The van der Waals surface area contributed by atoms with Crippen molar-refractivity contribution in [3.63, 3.8) is 0 Å². The number of rotatable bonds is 2. The monoisotopic (exact) mass is 207 g/mol. The number of aromatic nitrogens is 2. The largest absolute Gasteiger partial charge is 0.345 e. The Morgan fingerprint density at radius 1 is 1.40 bits per heavy atom. The third-order valence-electron chi connectivity index (χ3n) is 3.55. The molecular weight excluding hydrogens is 186 g/mol. The van der Waals surface area contributed by atoms with Crippen molar-refractivity contribution in [3.05, 3.63) is 17.2 Å². The van der Waals surface area contributed by atoms with E-state index in [1.165, 1.54) is 12.1 Å². The molecule has 84 valence electrons. The summed E-state index contributed by atoms with van der Waals surface area (Å²) in [6.07, 6.45) is 3.38. The zero-order chi connectivity index (χ0) is 11.0. The first-order chi connectivity index (χ1) is 7.09. The average molecular weight is 207 g/mol. The quantitative estimate of drug-likeness (QED) is 0.783. The Labute approximate surface area is 91.5 Å². The smallest absolute Gasteiger partial charge is 0.109 e. The molecule has 0 amide bonds. The normalized spacial score (nSPS) is 22.9. The van der Waals surface area contributed by atoms with E-state index in [1.54, 1.807) is 0 Å². The Morgan fingerprint density at radius 3 is 2.73 bits per heavy atom. The second-order valence-corrected chi connectivity index (χ2v) is 5.02. The van der Waals surface area contributed by atoms with Gasteiger partial charge in [0.1, 0.15) is 5.82 Å². The van der Waals surface area contributed by atoms with Crippen LogP contribution in [0.15, 0.2) is 0 Å². The minimum absolute atomic E-state index is 0.151. The van der Waals surface area contributed by atoms with E-state index in [2.05, 4.69) is 30.7 Å². The topological polar surface area (TPSA) is 54.7 Å². The van der Waals surface area contributed by atoms with E-state index < -0.39 is 0 Å². The van der Waals surface area contributed by atoms with E-state index in [-0.39, 0.29) is 6.04 Å². The van der Waals surface area contributed by atoms with Crippen molar-refractivity contribution < 1.29 is 0 Å². The van der Waals surface area contributed by atoms with Gasteiger partial charge in [-0.3, -0.25) is 0 Å². The van der Waals surface area contributed by atoms with Gasteiger partial charge in [0.25, 0.3) is 0 Å². The van der Waals surface area contributed by atoms with Gasteiger partial charge < -0.3 is 10.7 Å². The molecular formula is C12H21N3. The first-order valence-electron chi connectivity index (χ1n) is 5.94. The van der Waals surface area contributed by atoms with Crippen LogP contribution in [0, 0.1) is 5.92 Å². The highest BCUT2D eigenvalue weighted by Gasteiger charge is 2.23. The molecule has 3 N–H and O–H groups in total. The van der Waals surface area contributed by atoms with Crippen molar-refractivity contribution in [2.45, 2.75) is 52.0 Å². The first kappa shape index (κ1) is 10.7. The number of hydrogen-bond acceptors (Lipinski definition) is 2. The fourth-order valence-corrected chi connectivity index (χ4v) is 2.11. The van der Waals surface area contributed by atoms with E-state index >= 15 is 0 Å². The van der Waals surface area contributed by atoms with Gasteiger partial charge in [0.05, 0.1) is 5.69 Å². The predicted molar refractivity (Wildman–Crippen MR) is 61.7 cm³/mol. The first-order valence-corrected chi connectivity index (χ1v) is 5.94. The number of nitrogens with two attached hydrogens (primary N) is 1. The maximum Gasteiger partial charge on any atom is 0.109 e. The van der Waals surface area contributed by atoms with E-state index in [1.807, 2.05) is 0 Å². The van der Waals surface area contributed by atoms with Gasteiger partial charge >= 0.3 is 0 Å². The molecule has 3 nitrogen and oxygen atoms in total. The molecule has 0 aromatic carbocycles. The van der Waals surface area contributed by atoms with E-state index in [0.717, 1.165) is 24.4 Å². The Hall–Kier alpha value is -0.830. The van der Waals surface area contributed by atoms with Gasteiger partial charge in [-0.15, -0.1) is 0 Å². The molecule has 2 atom stereocenters. The highest BCUT2D eigenvalue weighted by molar-refractivity contribution is 5.22. The van der Waals surface area contributed by atoms with Crippen LogP contribution < -0.4 is 5.73 Å². The Morgan fingerprint density at radius 2 is 2.13 bits per heavy atom. The lowest BCUT2D eigenvalue weighted by atomic mass is 9.97. The molecule has 1 heterocycles. The molecule has 1 aliphatic rings. The molecule has 0 saturated carbocycles. The van der Waals surface area contributed by atoms with Gasteiger partial charge in [-0.25, -0.2) is 4.98 Å². The van der Waals surface area contributed by atoms with Crippen LogP contribution >= 0.6 is 0 Å². The minimum Gasteiger partial charge on any atom is -0.345 e. The number of hydrogen-bond donors (Lipinski definition) is 2. The molecule has 0 radical (unpaired) electrons. The maximum atomic E-state index is 6.05. The summed E-state index contributed by atoms with van der Waals surface area (Å²) in [7, 11) is 0. The molecule has 15 heavy (non-hydrogen) atoms. The molecule has 2 rings (SSSR count). The molecule has 0 fully saturated rings. The molecule has 0 aliphatic heterocycles. The van der Waals surface area contributed by atoms with Gasteiger partial charge in [-0.2, -0.15) is 0 Å². The number of aromatic amines is 1. The zero-order valence-corrected chi connectivity index (χ0v) is 9.88. The van der Waals surface area contributed by atoms with Crippen LogP contribution in [0.3, 0.4) is 0 Å². The van der Waals surface area contributed by atoms with E-state index in [0.29, 0.717) is 11.8 Å². The fourth-order valence-electron chi connectivity index (χ4n) is 2.11. The second kappa shape index (κ2) is 3.97. The zero-order valence-electron chi connectivity index (χ0n) is 9.88. The molecule has 0 spiro atoms. The highest BCUT2D eigenvalue weighted by atomic mass is 15.0. The van der Waals surface area contributed by atoms with Gasteiger partial charge in [-0.1, -0.05) is 20.8 Å². The van der Waals surface area contributed by atoms with Crippen molar-refractivity contribution >= 4 is 0 Å². The summed E-state index contributed by atoms with van der Waals surface area (Å²) >= 11 is 0. The lowest BCUT2D eigenvalue weighted by molar-refractivity contribution is 0.512. The van der Waals surface area contributed by atoms with Gasteiger partial charge in [-0.05, 0) is 25.2 Å². The average Bonchev–Trinajstić information content (AvgIpc) is 2.61. The standard InChI is InChI=1S/C12H21N3/c1-7(2)8(3)12-14-10-6-4-5-9(13)11(10)15-12/h7-9H,4-6,13H2,1-3H3,(H,14,15). The maximum absolute atomic E-state index is 6.05. The van der Waals surface area contributed by atoms with Gasteiger partial charge in [0, 0.05) is 17.7 Å². The van der Waals surface area contributed by atoms with Crippen molar-refractivity contribution in [1.29, 1.82) is 0 Å². The van der Waals surface area contributed by atoms with Gasteiger partial charge in [0.2, 0.25) is 0 Å². The highest BCUT2D eigenvalue weighted by Crippen LogP contribution is 2.29. The van der Waals surface area contributed by atoms with Crippen molar-refractivity contribution in [3.8, 4) is 0 Å². The Kier molecular flexibility index (Phi) is 2.83. The number of aryl methyl sites for hydroxylation is 1. The SMILES string of the molecule is CC(C)C(C)c1nc2c([nH]1)CCCC2N. The van der Waals surface area contributed by atoms with Crippen LogP contribution in [0.1, 0.15) is 62.8 Å². The summed E-state index contributed by atoms with van der Waals surface area (Å²) in [5, 5.41) is 0. The summed E-state index contributed by atoms with van der Waals surface area (Å²) in [6.45, 7) is 6.68. The lowest BCUT2D eigenvalue weighted by Crippen LogP contribution is -2.17. The van der Waals surface area contributed by atoms with E-state index in [9.17, 15) is 0 Å². The van der Waals surface area contributed by atoms with Crippen molar-refractivity contribution in [2.24, 2.45) is 11.7 Å². The van der Waals surface area contributed by atoms with Gasteiger partial charge in [0.15, 0.2) is 0 Å². The van der Waals surface area contributed by atoms with Crippen LogP contribution in [0.5, 0.6) is 0 Å². The Bertz CT molecular complexity index is 341. The molecule has 1 aromatic rings. The number of fused-ring (bicyclic) bond motifs is 1. The molecule has 1 aromatic heterocycles. The molecule has 3 heteroatoms. The predicted octanol–water partition coefficient (Wildman–Crippen LogP) is 2.51. The van der Waals surface area contributed by atoms with Crippen molar-refractivity contribution in [1.82, 2.24) is 9.97 Å². The summed E-state index contributed by atoms with van der Waals surface area (Å²) < 4.78 is 0.